The van der Waals surface area contributed by atoms with Crippen molar-refractivity contribution >= 4 is 28.3 Å². The minimum atomic E-state index is -0.131. The van der Waals surface area contributed by atoms with Gasteiger partial charge in [0.2, 0.25) is 11.8 Å². The first kappa shape index (κ1) is 16.6. The lowest BCUT2D eigenvalue weighted by molar-refractivity contribution is -0.132. The van der Waals surface area contributed by atoms with E-state index in [1.165, 1.54) is 18.3 Å². The van der Waals surface area contributed by atoms with Crippen molar-refractivity contribution in [2.75, 3.05) is 11.9 Å². The Morgan fingerprint density at radius 2 is 2.17 bits per heavy atom. The van der Waals surface area contributed by atoms with Crippen LogP contribution in [0.3, 0.4) is 0 Å². The molecule has 8 heteroatoms. The van der Waals surface area contributed by atoms with Gasteiger partial charge in [-0.25, -0.2) is 4.98 Å². The van der Waals surface area contributed by atoms with Gasteiger partial charge in [-0.3, -0.25) is 9.59 Å². The zero-order valence-corrected chi connectivity index (χ0v) is 14.8. The molecule has 0 saturated carbocycles. The maximum atomic E-state index is 12.5. The minimum Gasteiger partial charge on any atom is -0.361 e. The molecular formula is C16H20N4O3S. The summed E-state index contributed by atoms with van der Waals surface area (Å²) in [5.41, 5.74) is 2.86. The van der Waals surface area contributed by atoms with Crippen molar-refractivity contribution < 1.29 is 14.1 Å². The van der Waals surface area contributed by atoms with Gasteiger partial charge in [0.15, 0.2) is 5.13 Å². The number of rotatable bonds is 4. The molecular weight excluding hydrogens is 328 g/mol. The van der Waals surface area contributed by atoms with Gasteiger partial charge in [0.1, 0.15) is 5.76 Å². The number of thiazole rings is 1. The Kier molecular flexibility index (Phi) is 4.66. The number of aromatic nitrogens is 2. The Morgan fingerprint density at radius 3 is 2.83 bits per heavy atom. The van der Waals surface area contributed by atoms with E-state index in [9.17, 15) is 9.59 Å². The number of carbonyl (C=O) groups is 2. The average Bonchev–Trinajstić information content (AvgIpc) is 3.06. The zero-order valence-electron chi connectivity index (χ0n) is 14.0. The van der Waals surface area contributed by atoms with Gasteiger partial charge < -0.3 is 14.7 Å². The number of nitrogens with one attached hydrogen (secondary N) is 1. The summed E-state index contributed by atoms with van der Waals surface area (Å²) >= 11 is 1.44. The molecule has 0 spiro atoms. The van der Waals surface area contributed by atoms with Crippen molar-refractivity contribution in [3.63, 3.8) is 0 Å². The van der Waals surface area contributed by atoms with Crippen molar-refractivity contribution in [1.82, 2.24) is 15.0 Å². The molecule has 2 amide bonds. The molecule has 3 heterocycles. The highest BCUT2D eigenvalue weighted by Gasteiger charge is 2.24. The maximum absolute atomic E-state index is 12.5. The summed E-state index contributed by atoms with van der Waals surface area (Å²) in [6.07, 6.45) is 1.81. The molecule has 1 N–H and O–H groups in total. The van der Waals surface area contributed by atoms with Crippen LogP contribution in [-0.2, 0) is 29.0 Å². The Balaban J connectivity index is 1.61. The molecule has 0 aliphatic carbocycles. The highest BCUT2D eigenvalue weighted by atomic mass is 32.1. The topological polar surface area (TPSA) is 88.3 Å². The van der Waals surface area contributed by atoms with Crippen LogP contribution in [0.2, 0.25) is 0 Å². The van der Waals surface area contributed by atoms with Gasteiger partial charge >= 0.3 is 0 Å². The summed E-state index contributed by atoms with van der Waals surface area (Å²) in [6.45, 7) is 6.45. The molecule has 0 atom stereocenters. The second-order valence-electron chi connectivity index (χ2n) is 5.94. The molecule has 1 aliphatic heterocycles. The third kappa shape index (κ3) is 3.48. The molecule has 24 heavy (non-hydrogen) atoms. The Labute approximate surface area is 144 Å². The molecule has 0 saturated heterocycles. The first-order valence-corrected chi connectivity index (χ1v) is 8.71. The van der Waals surface area contributed by atoms with Crippen LogP contribution < -0.4 is 5.32 Å². The number of anilines is 1. The monoisotopic (exact) mass is 348 g/mol. The highest BCUT2D eigenvalue weighted by molar-refractivity contribution is 7.15. The van der Waals surface area contributed by atoms with E-state index in [2.05, 4.69) is 15.5 Å². The SMILES string of the molecule is CC(=O)Nc1nc2c(s1)CN(C(=O)CCc1c(C)noc1C)CC2. The van der Waals surface area contributed by atoms with Crippen LogP contribution in [0.1, 0.15) is 40.9 Å². The maximum Gasteiger partial charge on any atom is 0.223 e. The molecule has 128 valence electrons. The van der Waals surface area contributed by atoms with Crippen molar-refractivity contribution in [1.29, 1.82) is 0 Å². The molecule has 0 fully saturated rings. The number of nitrogens with zero attached hydrogens (tertiary/aromatic N) is 3. The summed E-state index contributed by atoms with van der Waals surface area (Å²) < 4.78 is 5.14. The van der Waals surface area contributed by atoms with Crippen LogP contribution in [0.4, 0.5) is 5.13 Å². The molecule has 3 rings (SSSR count). The predicted octanol–water partition coefficient (Wildman–Crippen LogP) is 2.22. The van der Waals surface area contributed by atoms with Gasteiger partial charge in [-0.05, 0) is 20.3 Å². The van der Waals surface area contributed by atoms with Crippen molar-refractivity contribution in [2.45, 2.75) is 46.6 Å². The second-order valence-corrected chi connectivity index (χ2v) is 7.02. The quantitative estimate of drug-likeness (QED) is 0.915. The van der Waals surface area contributed by atoms with E-state index in [4.69, 9.17) is 4.52 Å². The van der Waals surface area contributed by atoms with Gasteiger partial charge in [-0.1, -0.05) is 16.5 Å². The van der Waals surface area contributed by atoms with E-state index in [-0.39, 0.29) is 11.8 Å². The number of aryl methyl sites for hydroxylation is 2. The van der Waals surface area contributed by atoms with E-state index in [1.807, 2.05) is 18.7 Å². The summed E-state index contributed by atoms with van der Waals surface area (Å²) in [5.74, 6) is 0.771. The van der Waals surface area contributed by atoms with E-state index >= 15 is 0 Å². The summed E-state index contributed by atoms with van der Waals surface area (Å²) in [5, 5.41) is 7.24. The smallest absolute Gasteiger partial charge is 0.223 e. The van der Waals surface area contributed by atoms with Gasteiger partial charge in [0, 0.05) is 36.8 Å². The van der Waals surface area contributed by atoms with Crippen LogP contribution in [0, 0.1) is 13.8 Å². The summed E-state index contributed by atoms with van der Waals surface area (Å²) in [6, 6.07) is 0. The zero-order chi connectivity index (χ0) is 17.3. The fourth-order valence-corrected chi connectivity index (χ4v) is 3.93. The van der Waals surface area contributed by atoms with Crippen LogP contribution >= 0.6 is 11.3 Å². The predicted molar refractivity (Wildman–Crippen MR) is 89.8 cm³/mol. The Morgan fingerprint density at radius 1 is 1.38 bits per heavy atom. The number of hydrogen-bond donors (Lipinski definition) is 1. The molecule has 2 aromatic rings. The lowest BCUT2D eigenvalue weighted by Crippen LogP contribution is -2.35. The van der Waals surface area contributed by atoms with Gasteiger partial charge in [-0.2, -0.15) is 0 Å². The number of fused-ring (bicyclic) bond motifs is 1. The molecule has 1 aliphatic rings. The lowest BCUT2D eigenvalue weighted by atomic mass is 10.1. The van der Waals surface area contributed by atoms with Gasteiger partial charge in [-0.15, -0.1) is 0 Å². The average molecular weight is 348 g/mol. The highest BCUT2D eigenvalue weighted by Crippen LogP contribution is 2.28. The van der Waals surface area contributed by atoms with E-state index < -0.39 is 0 Å². The molecule has 0 bridgehead atoms. The van der Waals surface area contributed by atoms with E-state index in [0.717, 1.165) is 34.0 Å². The third-order valence-electron chi connectivity index (χ3n) is 4.14. The summed E-state index contributed by atoms with van der Waals surface area (Å²) in [7, 11) is 0. The number of hydrogen-bond acceptors (Lipinski definition) is 6. The second kappa shape index (κ2) is 6.72. The van der Waals surface area contributed by atoms with Crippen molar-refractivity contribution in [3.8, 4) is 0 Å². The fourth-order valence-electron chi connectivity index (χ4n) is 2.86. The Bertz CT molecular complexity index is 761. The van der Waals surface area contributed by atoms with Crippen LogP contribution in [-0.4, -0.2) is 33.4 Å². The molecule has 0 radical (unpaired) electrons. The van der Waals surface area contributed by atoms with Crippen molar-refractivity contribution in [3.05, 3.63) is 27.6 Å². The summed E-state index contributed by atoms with van der Waals surface area (Å²) in [4.78, 5) is 31.0. The first-order valence-electron chi connectivity index (χ1n) is 7.89. The fraction of sp³-hybridized carbons (Fsp3) is 0.500. The van der Waals surface area contributed by atoms with E-state index in [1.54, 1.807) is 0 Å². The van der Waals surface area contributed by atoms with Crippen LogP contribution in [0.25, 0.3) is 0 Å². The number of amides is 2. The minimum absolute atomic E-state index is 0.120. The van der Waals surface area contributed by atoms with E-state index in [0.29, 0.717) is 31.1 Å². The largest absolute Gasteiger partial charge is 0.361 e. The molecule has 7 nitrogen and oxygen atoms in total. The van der Waals surface area contributed by atoms with Crippen LogP contribution in [0.5, 0.6) is 0 Å². The van der Waals surface area contributed by atoms with Gasteiger partial charge in [0.25, 0.3) is 0 Å². The van der Waals surface area contributed by atoms with Gasteiger partial charge in [0.05, 0.1) is 17.9 Å². The molecule has 0 unspecified atom stereocenters. The first-order chi connectivity index (χ1) is 11.4. The normalized spacial score (nSPS) is 13.7. The lowest BCUT2D eigenvalue weighted by Gasteiger charge is -2.26. The Hall–Kier alpha value is -2.22. The van der Waals surface area contributed by atoms with Crippen LogP contribution in [0.15, 0.2) is 4.52 Å². The third-order valence-corrected chi connectivity index (χ3v) is 5.13. The van der Waals surface area contributed by atoms with Crippen molar-refractivity contribution in [2.24, 2.45) is 0 Å². The number of carbonyl (C=O) groups excluding carboxylic acids is 2. The molecule has 0 aromatic carbocycles. The standard InChI is InChI=1S/C16H20N4O3S/c1-9-12(10(2)23-19-9)4-5-15(22)20-7-6-13-14(8-20)24-16(18-13)17-11(3)21/h4-8H2,1-3H3,(H,17,18,21). The molecule has 2 aromatic heterocycles.